The van der Waals surface area contributed by atoms with Crippen LogP contribution in [0.5, 0.6) is 11.5 Å². The monoisotopic (exact) mass is 505 g/mol. The Kier molecular flexibility index (Phi) is 9.59. The average Bonchev–Trinajstić information content (AvgIpc) is 2.86. The van der Waals surface area contributed by atoms with Crippen LogP contribution in [0.25, 0.3) is 22.3 Å². The number of hydrogen-bond acceptors (Lipinski definition) is 5. The maximum atomic E-state index is 10.8. The van der Waals surface area contributed by atoms with E-state index in [1.165, 1.54) is 11.3 Å². The molecule has 3 rings (SSSR count). The minimum atomic E-state index is -1.34. The van der Waals surface area contributed by atoms with Crippen LogP contribution in [0, 0.1) is 0 Å². The maximum Gasteiger partial charge on any atom is 0.511 e. The van der Waals surface area contributed by atoms with Crippen LogP contribution in [0.1, 0.15) is 53.0 Å². The zero-order valence-corrected chi connectivity index (χ0v) is 22.6. The van der Waals surface area contributed by atoms with E-state index in [9.17, 15) is 9.90 Å². The molecule has 0 aliphatic carbocycles. The van der Waals surface area contributed by atoms with E-state index in [2.05, 4.69) is 63.8 Å². The lowest BCUT2D eigenvalue weighted by molar-refractivity contribution is 0.144. The Hall–Kier alpha value is -3.51. The normalized spacial score (nSPS) is 11.3. The lowest BCUT2D eigenvalue weighted by atomic mass is 9.83. The molecule has 0 amide bonds. The van der Waals surface area contributed by atoms with Crippen molar-refractivity contribution in [2.45, 2.75) is 52.9 Å². The Morgan fingerprint density at radius 3 is 2.05 bits per heavy atom. The van der Waals surface area contributed by atoms with Crippen molar-refractivity contribution >= 4 is 11.8 Å². The van der Waals surface area contributed by atoms with Crippen molar-refractivity contribution in [3.63, 3.8) is 0 Å². The van der Waals surface area contributed by atoms with Gasteiger partial charge in [-0.15, -0.1) is 0 Å². The van der Waals surface area contributed by atoms with Gasteiger partial charge in [-0.3, -0.25) is 0 Å². The molecule has 6 heteroatoms. The lowest BCUT2D eigenvalue weighted by Crippen LogP contribution is -2.28. The number of anilines is 1. The van der Waals surface area contributed by atoms with Gasteiger partial charge in [-0.25, -0.2) is 4.79 Å². The Bertz CT molecular complexity index is 1180. The fraction of sp³-hybridized carbons (Fsp3) is 0.387. The van der Waals surface area contributed by atoms with Gasteiger partial charge in [0.2, 0.25) is 0 Å². The SMILES string of the molecule is CCCN(CCC)c1ccc(-c2cc(-c3ccc(OC(=O)O)cc3)ccc2OCCO)cc1C(C)(C)C. The van der Waals surface area contributed by atoms with Gasteiger partial charge < -0.3 is 24.6 Å². The van der Waals surface area contributed by atoms with Gasteiger partial charge in [-0.1, -0.05) is 58.9 Å². The molecule has 0 unspecified atom stereocenters. The molecule has 0 saturated heterocycles. The molecule has 2 N–H and O–H groups in total. The largest absolute Gasteiger partial charge is 0.511 e. The number of aliphatic hydroxyl groups excluding tert-OH is 1. The second-order valence-electron chi connectivity index (χ2n) is 10.1. The number of hydrogen-bond donors (Lipinski definition) is 2. The first-order valence-corrected chi connectivity index (χ1v) is 13.0. The van der Waals surface area contributed by atoms with Crippen LogP contribution in [-0.4, -0.2) is 42.7 Å². The van der Waals surface area contributed by atoms with Crippen molar-refractivity contribution < 1.29 is 24.5 Å². The molecule has 3 aromatic rings. The molecule has 0 bridgehead atoms. The summed E-state index contributed by atoms with van der Waals surface area (Å²) >= 11 is 0. The Morgan fingerprint density at radius 1 is 0.865 bits per heavy atom. The average molecular weight is 506 g/mol. The second kappa shape index (κ2) is 12.6. The van der Waals surface area contributed by atoms with Gasteiger partial charge in [-0.2, -0.15) is 0 Å². The Labute approximate surface area is 220 Å². The van der Waals surface area contributed by atoms with Crippen LogP contribution in [0.3, 0.4) is 0 Å². The molecule has 3 aromatic carbocycles. The van der Waals surface area contributed by atoms with E-state index >= 15 is 0 Å². The Morgan fingerprint density at radius 2 is 1.49 bits per heavy atom. The van der Waals surface area contributed by atoms with Crippen LogP contribution in [-0.2, 0) is 5.41 Å². The van der Waals surface area contributed by atoms with E-state index in [-0.39, 0.29) is 24.4 Å². The predicted octanol–water partition coefficient (Wildman–Crippen LogP) is 7.37. The number of aliphatic hydroxyl groups is 1. The van der Waals surface area contributed by atoms with Gasteiger partial charge in [-0.05, 0) is 76.9 Å². The molecule has 6 nitrogen and oxygen atoms in total. The van der Waals surface area contributed by atoms with Gasteiger partial charge in [0.25, 0.3) is 0 Å². The summed E-state index contributed by atoms with van der Waals surface area (Å²) in [5, 5.41) is 18.2. The highest BCUT2D eigenvalue weighted by molar-refractivity contribution is 5.80. The molecule has 0 aliphatic heterocycles. The molecular weight excluding hydrogens is 466 g/mol. The summed E-state index contributed by atoms with van der Waals surface area (Å²) in [4.78, 5) is 13.3. The second-order valence-corrected chi connectivity index (χ2v) is 10.1. The van der Waals surface area contributed by atoms with Crippen LogP contribution in [0.2, 0.25) is 0 Å². The van der Waals surface area contributed by atoms with Crippen LogP contribution in [0.15, 0.2) is 60.7 Å². The molecule has 0 aliphatic rings. The van der Waals surface area contributed by atoms with E-state index in [0.717, 1.165) is 48.2 Å². The van der Waals surface area contributed by atoms with Gasteiger partial charge in [0.05, 0.1) is 6.61 Å². The minimum absolute atomic E-state index is 0.0607. The lowest BCUT2D eigenvalue weighted by Gasteiger charge is -2.32. The summed E-state index contributed by atoms with van der Waals surface area (Å²) in [6.45, 7) is 13.3. The van der Waals surface area contributed by atoms with E-state index in [0.29, 0.717) is 5.75 Å². The summed E-state index contributed by atoms with van der Waals surface area (Å²) in [5.74, 6) is 0.976. The topological polar surface area (TPSA) is 79.2 Å². The third kappa shape index (κ3) is 7.26. The summed E-state index contributed by atoms with van der Waals surface area (Å²) in [5.41, 5.74) is 6.36. The maximum absolute atomic E-state index is 10.8. The highest BCUT2D eigenvalue weighted by Gasteiger charge is 2.23. The summed E-state index contributed by atoms with van der Waals surface area (Å²) < 4.78 is 10.7. The van der Waals surface area contributed by atoms with Crippen molar-refractivity contribution in [3.05, 3.63) is 66.2 Å². The number of rotatable bonds is 11. The van der Waals surface area contributed by atoms with Gasteiger partial charge in [0, 0.05) is 24.3 Å². The molecular formula is C31H39NO5. The molecule has 0 radical (unpaired) electrons. The van der Waals surface area contributed by atoms with Crippen molar-refractivity contribution in [2.24, 2.45) is 0 Å². The number of benzene rings is 3. The van der Waals surface area contributed by atoms with E-state index in [1.54, 1.807) is 12.1 Å². The highest BCUT2D eigenvalue weighted by atomic mass is 16.7. The number of carbonyl (C=O) groups is 1. The summed E-state index contributed by atoms with van der Waals surface area (Å²) in [6, 6.07) is 19.6. The Balaban J connectivity index is 2.11. The first kappa shape index (κ1) is 28.1. The highest BCUT2D eigenvalue weighted by Crippen LogP contribution is 2.40. The van der Waals surface area contributed by atoms with Crippen LogP contribution in [0.4, 0.5) is 10.5 Å². The molecule has 0 atom stereocenters. The number of nitrogens with zero attached hydrogens (tertiary/aromatic N) is 1. The first-order valence-electron chi connectivity index (χ1n) is 13.0. The number of ether oxygens (including phenoxy) is 2. The molecule has 0 saturated carbocycles. The number of carboxylic acid groups (broad SMARTS) is 1. The molecule has 0 aromatic heterocycles. The van der Waals surface area contributed by atoms with Gasteiger partial charge in [0.1, 0.15) is 18.1 Å². The molecule has 198 valence electrons. The van der Waals surface area contributed by atoms with Crippen molar-refractivity contribution in [1.82, 2.24) is 0 Å². The zero-order valence-electron chi connectivity index (χ0n) is 22.6. The smallest absolute Gasteiger partial charge is 0.491 e. The zero-order chi connectivity index (χ0) is 27.0. The standard InChI is InChI=1S/C31H39NO5/c1-6-16-32(17-7-2)28-14-10-24(21-27(28)31(3,4)5)26-20-23(11-15-29(26)36-19-18-33)22-8-12-25(13-9-22)37-30(34)35/h8-15,20-21,33H,6-7,16-19H2,1-5H3,(H,34,35). The third-order valence-corrected chi connectivity index (χ3v) is 6.16. The molecule has 37 heavy (non-hydrogen) atoms. The first-order chi connectivity index (χ1) is 17.7. The van der Waals surface area contributed by atoms with E-state index < -0.39 is 6.16 Å². The molecule has 0 spiro atoms. The fourth-order valence-corrected chi connectivity index (χ4v) is 4.51. The summed E-state index contributed by atoms with van der Waals surface area (Å²) in [6.07, 6.45) is 0.834. The van der Waals surface area contributed by atoms with Crippen LogP contribution < -0.4 is 14.4 Å². The quantitative estimate of drug-likeness (QED) is 0.209. The van der Waals surface area contributed by atoms with E-state index in [1.807, 2.05) is 24.3 Å². The fourth-order valence-electron chi connectivity index (χ4n) is 4.51. The third-order valence-electron chi connectivity index (χ3n) is 6.16. The van der Waals surface area contributed by atoms with Gasteiger partial charge >= 0.3 is 6.16 Å². The minimum Gasteiger partial charge on any atom is -0.491 e. The van der Waals surface area contributed by atoms with Crippen molar-refractivity contribution in [3.8, 4) is 33.8 Å². The molecule has 0 fully saturated rings. The van der Waals surface area contributed by atoms with Gasteiger partial charge in [0.15, 0.2) is 0 Å². The van der Waals surface area contributed by atoms with Crippen molar-refractivity contribution in [1.29, 1.82) is 0 Å². The summed E-state index contributed by atoms with van der Waals surface area (Å²) in [7, 11) is 0. The van der Waals surface area contributed by atoms with E-state index in [4.69, 9.17) is 14.6 Å². The predicted molar refractivity (Wildman–Crippen MR) is 150 cm³/mol. The van der Waals surface area contributed by atoms with Crippen molar-refractivity contribution in [2.75, 3.05) is 31.2 Å². The molecule has 0 heterocycles. The van der Waals surface area contributed by atoms with Crippen LogP contribution >= 0.6 is 0 Å².